The van der Waals surface area contributed by atoms with E-state index in [9.17, 15) is 0 Å². The van der Waals surface area contributed by atoms with Crippen molar-refractivity contribution in [3.05, 3.63) is 38.8 Å². The van der Waals surface area contributed by atoms with E-state index in [1.54, 1.807) is 0 Å². The van der Waals surface area contributed by atoms with E-state index in [-0.39, 0.29) is 0 Å². The van der Waals surface area contributed by atoms with Gasteiger partial charge in [0.1, 0.15) is 9.21 Å². The molecule has 2 rings (SSSR count). The topological polar surface area (TPSA) is 42.7 Å². The fraction of sp³-hybridized carbons (Fsp3) is 0.273. The number of anilines is 1. The molecule has 0 unspecified atom stereocenters. The van der Waals surface area contributed by atoms with Gasteiger partial charge in [-0.15, -0.1) is 0 Å². The quantitative estimate of drug-likeness (QED) is 0.855. The van der Waals surface area contributed by atoms with Crippen LogP contribution in [-0.4, -0.2) is 14.8 Å². The van der Waals surface area contributed by atoms with Crippen molar-refractivity contribution in [3.8, 4) is 0 Å². The zero-order chi connectivity index (χ0) is 12.4. The van der Waals surface area contributed by atoms with Gasteiger partial charge in [-0.3, -0.25) is 4.68 Å². The maximum atomic E-state index is 4.30. The minimum atomic E-state index is 0.736. The van der Waals surface area contributed by atoms with Gasteiger partial charge in [-0.1, -0.05) is 0 Å². The van der Waals surface area contributed by atoms with Crippen LogP contribution in [-0.2, 0) is 13.6 Å². The second-order valence-corrected chi connectivity index (χ2v) is 5.38. The van der Waals surface area contributed by atoms with Gasteiger partial charge in [-0.2, -0.15) is 5.10 Å². The van der Waals surface area contributed by atoms with Gasteiger partial charge in [0.25, 0.3) is 0 Å². The molecule has 0 bridgehead atoms. The van der Waals surface area contributed by atoms with E-state index in [1.807, 2.05) is 30.8 Å². The molecule has 0 atom stereocenters. The first kappa shape index (κ1) is 12.6. The van der Waals surface area contributed by atoms with Gasteiger partial charge in [0.2, 0.25) is 0 Å². The van der Waals surface area contributed by atoms with Crippen molar-refractivity contribution in [1.29, 1.82) is 0 Å². The molecule has 0 amide bonds. The normalized spacial score (nSPS) is 10.6. The number of hydrogen-bond donors (Lipinski definition) is 1. The standard InChI is InChI=1S/C11H12Br2N4/c1-7-3-9(17(2)16-7)6-14-8-4-10(12)15-11(13)5-8/h3-5H,6H2,1-2H3,(H,14,15). The molecule has 0 aliphatic carbocycles. The second kappa shape index (κ2) is 5.18. The van der Waals surface area contributed by atoms with Crippen molar-refractivity contribution in [1.82, 2.24) is 14.8 Å². The first-order chi connectivity index (χ1) is 8.04. The Morgan fingerprint density at radius 1 is 1.24 bits per heavy atom. The third-order valence-electron chi connectivity index (χ3n) is 2.34. The molecule has 0 aromatic carbocycles. The SMILES string of the molecule is Cc1cc(CNc2cc(Br)nc(Br)c2)n(C)n1. The van der Waals surface area contributed by atoms with Crippen molar-refractivity contribution in [2.24, 2.45) is 7.05 Å². The molecule has 2 aromatic heterocycles. The average molecular weight is 360 g/mol. The molecular formula is C11H12Br2N4. The summed E-state index contributed by atoms with van der Waals surface area (Å²) in [6.07, 6.45) is 0. The van der Waals surface area contributed by atoms with Gasteiger partial charge < -0.3 is 5.32 Å². The van der Waals surface area contributed by atoms with Crippen LogP contribution in [0.2, 0.25) is 0 Å². The number of nitrogens with one attached hydrogen (secondary N) is 1. The predicted octanol–water partition coefficient (Wildman–Crippen LogP) is 3.26. The van der Waals surface area contributed by atoms with Crippen molar-refractivity contribution in [2.45, 2.75) is 13.5 Å². The summed E-state index contributed by atoms with van der Waals surface area (Å²) in [5.41, 5.74) is 3.19. The van der Waals surface area contributed by atoms with Gasteiger partial charge >= 0.3 is 0 Å². The molecule has 90 valence electrons. The summed E-state index contributed by atoms with van der Waals surface area (Å²) in [6, 6.07) is 5.94. The van der Waals surface area contributed by atoms with E-state index in [1.165, 1.54) is 0 Å². The number of pyridine rings is 1. The molecule has 0 saturated heterocycles. The van der Waals surface area contributed by atoms with Crippen LogP contribution in [0.3, 0.4) is 0 Å². The summed E-state index contributed by atoms with van der Waals surface area (Å²) in [5, 5.41) is 7.64. The number of hydrogen-bond acceptors (Lipinski definition) is 3. The minimum Gasteiger partial charge on any atom is -0.379 e. The van der Waals surface area contributed by atoms with E-state index < -0.39 is 0 Å². The van der Waals surface area contributed by atoms with E-state index in [2.05, 4.69) is 53.3 Å². The van der Waals surface area contributed by atoms with Gasteiger partial charge in [0.15, 0.2) is 0 Å². The fourth-order valence-electron chi connectivity index (χ4n) is 1.59. The molecule has 0 aliphatic heterocycles. The third-order valence-corrected chi connectivity index (χ3v) is 3.15. The molecule has 6 heteroatoms. The number of rotatable bonds is 3. The Labute approximate surface area is 117 Å². The number of aryl methyl sites for hydroxylation is 2. The first-order valence-corrected chi connectivity index (χ1v) is 6.69. The minimum absolute atomic E-state index is 0.736. The predicted molar refractivity (Wildman–Crippen MR) is 74.9 cm³/mol. The van der Waals surface area contributed by atoms with Crippen LogP contribution in [0.15, 0.2) is 27.4 Å². The maximum Gasteiger partial charge on any atom is 0.109 e. The zero-order valence-corrected chi connectivity index (χ0v) is 12.7. The Morgan fingerprint density at radius 2 is 1.88 bits per heavy atom. The number of halogens is 2. The summed E-state index contributed by atoms with van der Waals surface area (Å²) in [4.78, 5) is 4.19. The monoisotopic (exact) mass is 358 g/mol. The molecule has 2 heterocycles. The van der Waals surface area contributed by atoms with Gasteiger partial charge in [-0.25, -0.2) is 4.98 Å². The molecule has 0 spiro atoms. The van der Waals surface area contributed by atoms with Crippen LogP contribution in [0.4, 0.5) is 5.69 Å². The van der Waals surface area contributed by atoms with Crippen LogP contribution < -0.4 is 5.32 Å². The Morgan fingerprint density at radius 3 is 2.41 bits per heavy atom. The lowest BCUT2D eigenvalue weighted by molar-refractivity contribution is 0.713. The Hall–Kier alpha value is -0.880. The van der Waals surface area contributed by atoms with Gasteiger partial charge in [-0.05, 0) is 57.0 Å². The maximum absolute atomic E-state index is 4.30. The molecule has 17 heavy (non-hydrogen) atoms. The lowest BCUT2D eigenvalue weighted by Gasteiger charge is -2.07. The fourth-order valence-corrected chi connectivity index (χ4v) is 2.70. The largest absolute Gasteiger partial charge is 0.379 e. The summed E-state index contributed by atoms with van der Waals surface area (Å²) in [7, 11) is 1.95. The number of nitrogens with zero attached hydrogens (tertiary/aromatic N) is 3. The summed E-state index contributed by atoms with van der Waals surface area (Å²) >= 11 is 6.72. The Kier molecular flexibility index (Phi) is 3.83. The third kappa shape index (κ3) is 3.29. The van der Waals surface area contributed by atoms with Gasteiger partial charge in [0.05, 0.1) is 17.9 Å². The van der Waals surface area contributed by atoms with Crippen molar-refractivity contribution in [2.75, 3.05) is 5.32 Å². The Bertz CT molecular complexity index is 516. The average Bonchev–Trinajstić information content (AvgIpc) is 2.53. The van der Waals surface area contributed by atoms with Crippen LogP contribution in [0.1, 0.15) is 11.4 Å². The van der Waals surface area contributed by atoms with Crippen molar-refractivity contribution in [3.63, 3.8) is 0 Å². The van der Waals surface area contributed by atoms with Gasteiger partial charge in [0, 0.05) is 12.7 Å². The highest BCUT2D eigenvalue weighted by atomic mass is 79.9. The highest BCUT2D eigenvalue weighted by molar-refractivity contribution is 9.11. The molecule has 0 aliphatic rings. The molecule has 0 fully saturated rings. The molecule has 0 radical (unpaired) electrons. The molecule has 1 N–H and O–H groups in total. The molecule has 2 aromatic rings. The van der Waals surface area contributed by atoms with Crippen LogP contribution in [0.25, 0.3) is 0 Å². The highest BCUT2D eigenvalue weighted by Crippen LogP contribution is 2.20. The van der Waals surface area contributed by atoms with E-state index in [4.69, 9.17) is 0 Å². The smallest absolute Gasteiger partial charge is 0.109 e. The summed E-state index contributed by atoms with van der Waals surface area (Å²) in [6.45, 7) is 2.73. The number of aromatic nitrogens is 3. The van der Waals surface area contributed by atoms with E-state index in [0.29, 0.717) is 0 Å². The van der Waals surface area contributed by atoms with Crippen LogP contribution in [0.5, 0.6) is 0 Å². The summed E-state index contributed by atoms with van der Waals surface area (Å²) < 4.78 is 3.49. The van der Waals surface area contributed by atoms with E-state index >= 15 is 0 Å². The first-order valence-electron chi connectivity index (χ1n) is 5.11. The highest BCUT2D eigenvalue weighted by Gasteiger charge is 2.03. The molecular weight excluding hydrogens is 348 g/mol. The van der Waals surface area contributed by atoms with Crippen LogP contribution >= 0.6 is 31.9 Å². The lowest BCUT2D eigenvalue weighted by Crippen LogP contribution is -2.05. The second-order valence-electron chi connectivity index (χ2n) is 3.76. The van der Waals surface area contributed by atoms with Crippen molar-refractivity contribution < 1.29 is 0 Å². The van der Waals surface area contributed by atoms with E-state index in [0.717, 1.165) is 32.8 Å². The molecule has 4 nitrogen and oxygen atoms in total. The lowest BCUT2D eigenvalue weighted by atomic mass is 10.3. The Balaban J connectivity index is 2.09. The summed E-state index contributed by atoms with van der Waals surface area (Å²) in [5.74, 6) is 0. The zero-order valence-electron chi connectivity index (χ0n) is 9.54. The van der Waals surface area contributed by atoms with Crippen LogP contribution in [0, 0.1) is 6.92 Å². The van der Waals surface area contributed by atoms with Crippen molar-refractivity contribution >= 4 is 37.5 Å². The molecule has 0 saturated carbocycles.